The summed E-state index contributed by atoms with van der Waals surface area (Å²) in [6.07, 6.45) is 5.79. The van der Waals surface area contributed by atoms with Gasteiger partial charge in [0, 0.05) is 49.1 Å². The van der Waals surface area contributed by atoms with E-state index in [1.165, 1.54) is 0 Å². The molecule has 29 heavy (non-hydrogen) atoms. The van der Waals surface area contributed by atoms with Crippen molar-refractivity contribution < 1.29 is 9.32 Å². The predicted molar refractivity (Wildman–Crippen MR) is 110 cm³/mol. The minimum absolute atomic E-state index is 0. The van der Waals surface area contributed by atoms with Crippen LogP contribution in [-0.4, -0.2) is 45.6 Å². The Kier molecular flexibility index (Phi) is 5.60. The molecule has 3 aromatic rings. The molecule has 3 heterocycles. The molecule has 1 unspecified atom stereocenters. The molecule has 1 aliphatic heterocycles. The molecule has 0 radical (unpaired) electrons. The van der Waals surface area contributed by atoms with Gasteiger partial charge in [0.2, 0.25) is 11.7 Å². The maximum Gasteiger partial charge on any atom is 0.254 e. The van der Waals surface area contributed by atoms with E-state index in [-0.39, 0.29) is 24.4 Å². The lowest BCUT2D eigenvalue weighted by Crippen LogP contribution is -2.48. The van der Waals surface area contributed by atoms with E-state index in [2.05, 4.69) is 20.4 Å². The van der Waals surface area contributed by atoms with Crippen molar-refractivity contribution in [3.63, 3.8) is 0 Å². The lowest BCUT2D eigenvalue weighted by molar-refractivity contribution is 0.0634. The zero-order chi connectivity index (χ0) is 18.9. The van der Waals surface area contributed by atoms with Crippen LogP contribution in [0.4, 0.5) is 0 Å². The van der Waals surface area contributed by atoms with Crippen molar-refractivity contribution >= 4 is 18.3 Å². The summed E-state index contributed by atoms with van der Waals surface area (Å²) in [5.41, 5.74) is 2.46. The smallest absolute Gasteiger partial charge is 0.254 e. The van der Waals surface area contributed by atoms with Crippen LogP contribution in [0.1, 0.15) is 46.6 Å². The lowest BCUT2D eigenvalue weighted by Gasteiger charge is -2.36. The van der Waals surface area contributed by atoms with Gasteiger partial charge < -0.3 is 14.7 Å². The minimum Gasteiger partial charge on any atom is -0.339 e. The van der Waals surface area contributed by atoms with Crippen LogP contribution >= 0.6 is 12.4 Å². The van der Waals surface area contributed by atoms with E-state index in [1.807, 2.05) is 47.5 Å². The van der Waals surface area contributed by atoms with Crippen LogP contribution in [-0.2, 0) is 0 Å². The third-order valence-corrected chi connectivity index (χ3v) is 5.31. The number of carbonyl (C=O) groups is 1. The molecule has 0 spiro atoms. The fourth-order valence-electron chi connectivity index (χ4n) is 3.62. The third kappa shape index (κ3) is 4.02. The van der Waals surface area contributed by atoms with Crippen molar-refractivity contribution in [2.24, 2.45) is 0 Å². The molecule has 2 aromatic heterocycles. The molecule has 1 atom stereocenters. The number of benzene rings is 1. The second-order valence-electron chi connectivity index (χ2n) is 7.32. The number of hydrogen-bond donors (Lipinski definition) is 1. The Labute approximate surface area is 174 Å². The highest BCUT2D eigenvalue weighted by molar-refractivity contribution is 5.95. The van der Waals surface area contributed by atoms with Crippen LogP contribution in [0.5, 0.6) is 0 Å². The van der Waals surface area contributed by atoms with Gasteiger partial charge in [-0.15, -0.1) is 12.4 Å². The van der Waals surface area contributed by atoms with Gasteiger partial charge in [0.05, 0.1) is 6.04 Å². The van der Waals surface area contributed by atoms with Gasteiger partial charge in [-0.25, -0.2) is 0 Å². The number of amides is 1. The normalized spacial score (nSPS) is 18.9. The zero-order valence-electron chi connectivity index (χ0n) is 15.8. The molecule has 1 aromatic carbocycles. The van der Waals surface area contributed by atoms with E-state index >= 15 is 0 Å². The fraction of sp³-hybridized carbons (Fsp3) is 0.333. The van der Waals surface area contributed by atoms with E-state index in [9.17, 15) is 4.79 Å². The number of aromatic nitrogens is 3. The van der Waals surface area contributed by atoms with E-state index in [0.29, 0.717) is 36.3 Å². The SMILES string of the molecule is Cl.O=C(c1cccc(-c2noc(C3CC3)n2)c1)N1CCNCC1c1cccnc1. The maximum absolute atomic E-state index is 13.3. The summed E-state index contributed by atoms with van der Waals surface area (Å²) in [6, 6.07) is 11.4. The van der Waals surface area contributed by atoms with Gasteiger partial charge in [-0.05, 0) is 36.6 Å². The molecule has 7 nitrogen and oxygen atoms in total. The highest BCUT2D eigenvalue weighted by Gasteiger charge is 2.31. The van der Waals surface area contributed by atoms with Crippen LogP contribution in [0.3, 0.4) is 0 Å². The Bertz CT molecular complexity index is 990. The van der Waals surface area contributed by atoms with E-state index in [4.69, 9.17) is 4.52 Å². The molecule has 1 saturated carbocycles. The molecular weight excluding hydrogens is 390 g/mol. The van der Waals surface area contributed by atoms with Gasteiger partial charge in [-0.2, -0.15) is 4.98 Å². The quantitative estimate of drug-likeness (QED) is 0.709. The number of hydrogen-bond acceptors (Lipinski definition) is 6. The first-order chi connectivity index (χ1) is 13.8. The standard InChI is InChI=1S/C21H21N5O2.ClH/c27-21(26-10-9-23-13-18(26)17-5-2-8-22-12-17)16-4-1-3-15(11-16)19-24-20(28-25-19)14-6-7-14;/h1-5,8,11-12,14,18,23H,6-7,9-10,13H2;1H. The average Bonchev–Trinajstić information content (AvgIpc) is 3.50. The van der Waals surface area contributed by atoms with Gasteiger partial charge in [-0.3, -0.25) is 9.78 Å². The number of nitrogens with zero attached hydrogens (tertiary/aromatic N) is 4. The van der Waals surface area contributed by atoms with Crippen LogP contribution in [0.15, 0.2) is 53.3 Å². The Morgan fingerprint density at radius 1 is 1.21 bits per heavy atom. The first-order valence-corrected chi connectivity index (χ1v) is 9.65. The lowest BCUT2D eigenvalue weighted by atomic mass is 10.0. The summed E-state index contributed by atoms with van der Waals surface area (Å²) >= 11 is 0. The molecule has 1 saturated heterocycles. The Morgan fingerprint density at radius 3 is 2.90 bits per heavy atom. The second kappa shape index (κ2) is 8.31. The van der Waals surface area contributed by atoms with E-state index in [1.54, 1.807) is 6.20 Å². The average molecular weight is 412 g/mol. The van der Waals surface area contributed by atoms with Crippen molar-refractivity contribution in [1.29, 1.82) is 0 Å². The second-order valence-corrected chi connectivity index (χ2v) is 7.32. The molecule has 2 aliphatic rings. The van der Waals surface area contributed by atoms with Crippen molar-refractivity contribution in [3.8, 4) is 11.4 Å². The molecule has 150 valence electrons. The molecule has 1 N–H and O–H groups in total. The number of pyridine rings is 1. The highest BCUT2D eigenvalue weighted by Crippen LogP contribution is 2.39. The number of rotatable bonds is 4. The van der Waals surface area contributed by atoms with Gasteiger partial charge in [-0.1, -0.05) is 23.4 Å². The number of piperazine rings is 1. The van der Waals surface area contributed by atoms with Gasteiger partial charge in [0.15, 0.2) is 0 Å². The first kappa shape index (κ1) is 19.5. The molecule has 2 fully saturated rings. The number of halogens is 1. The Morgan fingerprint density at radius 2 is 2.10 bits per heavy atom. The van der Waals surface area contributed by atoms with Gasteiger partial charge in [0.25, 0.3) is 5.91 Å². The number of carbonyl (C=O) groups excluding carboxylic acids is 1. The summed E-state index contributed by atoms with van der Waals surface area (Å²) < 4.78 is 5.36. The van der Waals surface area contributed by atoms with Crippen molar-refractivity contribution in [2.45, 2.75) is 24.8 Å². The zero-order valence-corrected chi connectivity index (χ0v) is 16.6. The summed E-state index contributed by atoms with van der Waals surface area (Å²) in [5.74, 6) is 1.65. The largest absolute Gasteiger partial charge is 0.339 e. The molecule has 0 bridgehead atoms. The van der Waals surface area contributed by atoms with Crippen LogP contribution in [0.25, 0.3) is 11.4 Å². The Hall–Kier alpha value is -2.77. The van der Waals surface area contributed by atoms with Crippen molar-refractivity contribution in [2.75, 3.05) is 19.6 Å². The Balaban J connectivity index is 0.00000205. The summed E-state index contributed by atoms with van der Waals surface area (Å²) in [6.45, 7) is 2.14. The molecule has 1 aliphatic carbocycles. The van der Waals surface area contributed by atoms with Gasteiger partial charge in [0.1, 0.15) is 0 Å². The van der Waals surface area contributed by atoms with Gasteiger partial charge >= 0.3 is 0 Å². The minimum atomic E-state index is -0.0368. The van der Waals surface area contributed by atoms with E-state index in [0.717, 1.165) is 30.5 Å². The number of nitrogens with one attached hydrogen (secondary N) is 1. The summed E-state index contributed by atoms with van der Waals surface area (Å²) in [7, 11) is 0. The molecule has 5 rings (SSSR count). The highest BCUT2D eigenvalue weighted by atomic mass is 35.5. The predicted octanol–water partition coefficient (Wildman–Crippen LogP) is 3.22. The fourth-order valence-corrected chi connectivity index (χ4v) is 3.62. The first-order valence-electron chi connectivity index (χ1n) is 9.65. The summed E-state index contributed by atoms with van der Waals surface area (Å²) in [5, 5.41) is 7.47. The third-order valence-electron chi connectivity index (χ3n) is 5.31. The van der Waals surface area contributed by atoms with Crippen LogP contribution in [0.2, 0.25) is 0 Å². The molecule has 8 heteroatoms. The summed E-state index contributed by atoms with van der Waals surface area (Å²) in [4.78, 5) is 23.9. The van der Waals surface area contributed by atoms with Crippen LogP contribution in [0, 0.1) is 0 Å². The van der Waals surface area contributed by atoms with Crippen molar-refractivity contribution in [3.05, 3.63) is 65.8 Å². The van der Waals surface area contributed by atoms with E-state index < -0.39 is 0 Å². The maximum atomic E-state index is 13.3. The van der Waals surface area contributed by atoms with Crippen molar-refractivity contribution in [1.82, 2.24) is 25.3 Å². The van der Waals surface area contributed by atoms with Crippen LogP contribution < -0.4 is 5.32 Å². The monoisotopic (exact) mass is 411 g/mol. The molecular formula is C21H22ClN5O2. The topological polar surface area (TPSA) is 84.2 Å². The molecule has 1 amide bonds.